The minimum absolute atomic E-state index is 0.0241. The third kappa shape index (κ3) is 10.2. The quantitative estimate of drug-likeness (QED) is 0.182. The van der Waals surface area contributed by atoms with Crippen molar-refractivity contribution >= 4 is 17.7 Å². The number of thioether (sulfide) groups is 1. The number of hydrogen-bond donors (Lipinski definition) is 3. The molecule has 1 aromatic rings. The van der Waals surface area contributed by atoms with Gasteiger partial charge in [-0.1, -0.05) is 89.3 Å². The van der Waals surface area contributed by atoms with Gasteiger partial charge in [-0.3, -0.25) is 4.79 Å². The zero-order valence-electron chi connectivity index (χ0n) is 21.1. The van der Waals surface area contributed by atoms with Gasteiger partial charge in [0.1, 0.15) is 5.75 Å². The highest BCUT2D eigenvalue weighted by atomic mass is 32.2. The third-order valence-electron chi connectivity index (χ3n) is 6.82. The van der Waals surface area contributed by atoms with Crippen LogP contribution in [-0.2, 0) is 4.79 Å². The van der Waals surface area contributed by atoms with Crippen LogP contribution in [-0.4, -0.2) is 46.4 Å². The fourth-order valence-electron chi connectivity index (χ4n) is 4.89. The Labute approximate surface area is 210 Å². The Morgan fingerprint density at radius 1 is 1.06 bits per heavy atom. The normalized spacial score (nSPS) is 16.0. The molecule has 1 saturated carbocycles. The van der Waals surface area contributed by atoms with E-state index < -0.39 is 17.3 Å². The number of carbonyl (C=O) groups is 1. The Balaban J connectivity index is 2.03. The number of ether oxygens (including phenoxy) is 1. The number of hydrogen-bond acceptors (Lipinski definition) is 5. The molecule has 1 aromatic carbocycles. The summed E-state index contributed by atoms with van der Waals surface area (Å²) in [4.78, 5) is 11.0. The van der Waals surface area contributed by atoms with Gasteiger partial charge in [0.25, 0.3) is 0 Å². The van der Waals surface area contributed by atoms with Gasteiger partial charge in [-0.2, -0.15) is 11.8 Å². The monoisotopic (exact) mass is 494 g/mol. The molecule has 0 amide bonds. The minimum atomic E-state index is -0.965. The summed E-state index contributed by atoms with van der Waals surface area (Å²) in [5, 5.41) is 28.9. The lowest BCUT2D eigenvalue weighted by Gasteiger charge is -2.26. The molecule has 0 aliphatic heterocycles. The lowest BCUT2D eigenvalue weighted by Crippen LogP contribution is -2.22. The van der Waals surface area contributed by atoms with Gasteiger partial charge in [-0.25, -0.2) is 0 Å². The van der Waals surface area contributed by atoms with Gasteiger partial charge >= 0.3 is 5.97 Å². The molecule has 0 saturated heterocycles. The Morgan fingerprint density at radius 3 is 2.32 bits per heavy atom. The zero-order valence-corrected chi connectivity index (χ0v) is 21.9. The second kappa shape index (κ2) is 17.2. The summed E-state index contributed by atoms with van der Waals surface area (Å²) in [6.45, 7) is 2.53. The summed E-state index contributed by atoms with van der Waals surface area (Å²) >= 11 is 1.39. The fourth-order valence-corrected chi connectivity index (χ4v) is 6.11. The van der Waals surface area contributed by atoms with Crippen LogP contribution in [0.4, 0.5) is 0 Å². The largest absolute Gasteiger partial charge is 0.493 e. The summed E-state index contributed by atoms with van der Waals surface area (Å²) in [5.41, 5.74) is 2.09. The molecule has 6 heteroatoms. The Kier molecular flexibility index (Phi) is 14.7. The molecule has 2 unspecified atom stereocenters. The number of para-hydroxylation sites is 1. The number of aliphatic hydroxyl groups excluding tert-OH is 2. The van der Waals surface area contributed by atoms with Gasteiger partial charge in [0.15, 0.2) is 0 Å². The zero-order chi connectivity index (χ0) is 24.6. The third-order valence-corrected chi connectivity index (χ3v) is 8.19. The SMILES string of the molecule is CCCCCCCCCCCOc1c(C2CCCC2)cccc1C(SCCC(=O)O)C(O)CO. The van der Waals surface area contributed by atoms with Gasteiger partial charge in [-0.05, 0) is 30.7 Å². The average Bonchev–Trinajstić information content (AvgIpc) is 3.37. The lowest BCUT2D eigenvalue weighted by molar-refractivity contribution is -0.136. The molecule has 3 N–H and O–H groups in total. The minimum Gasteiger partial charge on any atom is -0.493 e. The van der Waals surface area contributed by atoms with Gasteiger partial charge < -0.3 is 20.1 Å². The topological polar surface area (TPSA) is 87.0 Å². The molecule has 2 rings (SSSR count). The van der Waals surface area contributed by atoms with Crippen molar-refractivity contribution in [1.82, 2.24) is 0 Å². The van der Waals surface area contributed by atoms with E-state index in [1.165, 1.54) is 75.1 Å². The van der Waals surface area contributed by atoms with Gasteiger partial charge in [0.05, 0.1) is 31.0 Å². The van der Waals surface area contributed by atoms with E-state index in [1.807, 2.05) is 12.1 Å². The standard InChI is InChI=1S/C28H46O5S/c1-2-3-4-5-6-7-8-9-12-19-33-27-23(22-14-10-11-15-22)16-13-17-24(27)28(25(30)21-29)34-20-18-26(31)32/h13,16-17,22,25,28-30H,2-12,14-15,18-21H2,1H3,(H,31,32). The molecule has 0 aromatic heterocycles. The summed E-state index contributed by atoms with van der Waals surface area (Å²) in [7, 11) is 0. The molecule has 0 spiro atoms. The molecule has 1 aliphatic carbocycles. The van der Waals surface area contributed by atoms with Crippen LogP contribution >= 0.6 is 11.8 Å². The second-order valence-electron chi connectivity index (χ2n) is 9.61. The Morgan fingerprint density at radius 2 is 1.71 bits per heavy atom. The fraction of sp³-hybridized carbons (Fsp3) is 0.750. The van der Waals surface area contributed by atoms with Crippen LogP contribution in [0.5, 0.6) is 5.75 Å². The molecule has 0 bridgehead atoms. The van der Waals surface area contributed by atoms with Crippen LogP contribution in [0.15, 0.2) is 18.2 Å². The maximum Gasteiger partial charge on any atom is 0.304 e. The predicted molar refractivity (Wildman–Crippen MR) is 141 cm³/mol. The average molecular weight is 495 g/mol. The first-order valence-electron chi connectivity index (χ1n) is 13.5. The van der Waals surface area contributed by atoms with Crippen LogP contribution in [0.3, 0.4) is 0 Å². The summed E-state index contributed by atoms with van der Waals surface area (Å²) < 4.78 is 6.42. The van der Waals surface area contributed by atoms with Crippen molar-refractivity contribution in [2.24, 2.45) is 0 Å². The summed E-state index contributed by atoms with van der Waals surface area (Å²) in [5.74, 6) is 0.845. The first-order valence-corrected chi connectivity index (χ1v) is 14.5. The van der Waals surface area contributed by atoms with Gasteiger partial charge in [-0.15, -0.1) is 0 Å². The van der Waals surface area contributed by atoms with E-state index in [1.54, 1.807) is 0 Å². The first-order chi connectivity index (χ1) is 16.6. The molecule has 194 valence electrons. The van der Waals surface area contributed by atoms with Crippen molar-refractivity contribution in [3.05, 3.63) is 29.3 Å². The van der Waals surface area contributed by atoms with Crippen LogP contribution in [0.25, 0.3) is 0 Å². The molecular formula is C28H46O5S. The first kappa shape index (κ1) is 29.0. The smallest absolute Gasteiger partial charge is 0.304 e. The maximum atomic E-state index is 11.0. The van der Waals surface area contributed by atoms with E-state index in [-0.39, 0.29) is 13.0 Å². The number of carboxylic acid groups (broad SMARTS) is 1. The molecule has 1 fully saturated rings. The number of carboxylic acids is 1. The van der Waals surface area contributed by atoms with Crippen LogP contribution in [0, 0.1) is 0 Å². The molecule has 34 heavy (non-hydrogen) atoms. The van der Waals surface area contributed by atoms with Crippen molar-refractivity contribution < 1.29 is 24.9 Å². The van der Waals surface area contributed by atoms with E-state index in [9.17, 15) is 15.0 Å². The Hall–Kier alpha value is -1.24. The molecule has 0 radical (unpaired) electrons. The van der Waals surface area contributed by atoms with E-state index in [0.717, 1.165) is 37.0 Å². The predicted octanol–water partition coefficient (Wildman–Crippen LogP) is 6.86. The van der Waals surface area contributed by atoms with Crippen LogP contribution in [0.2, 0.25) is 0 Å². The molecule has 2 atom stereocenters. The van der Waals surface area contributed by atoms with Gasteiger partial charge in [0.2, 0.25) is 0 Å². The molecule has 1 aliphatic rings. The highest BCUT2D eigenvalue weighted by Gasteiger charge is 2.29. The maximum absolute atomic E-state index is 11.0. The van der Waals surface area contributed by atoms with E-state index in [2.05, 4.69) is 13.0 Å². The van der Waals surface area contributed by atoms with Crippen molar-refractivity contribution in [3.63, 3.8) is 0 Å². The molecular weight excluding hydrogens is 448 g/mol. The van der Waals surface area contributed by atoms with E-state index in [0.29, 0.717) is 18.3 Å². The van der Waals surface area contributed by atoms with Crippen molar-refractivity contribution in [2.45, 2.75) is 114 Å². The molecule has 0 heterocycles. The van der Waals surface area contributed by atoms with Crippen molar-refractivity contribution in [1.29, 1.82) is 0 Å². The van der Waals surface area contributed by atoms with E-state index >= 15 is 0 Å². The number of aliphatic hydroxyl groups is 2. The second-order valence-corrected chi connectivity index (χ2v) is 10.9. The van der Waals surface area contributed by atoms with Gasteiger partial charge in [0, 0.05) is 11.3 Å². The highest BCUT2D eigenvalue weighted by Crippen LogP contribution is 2.45. The number of aliphatic carboxylic acids is 1. The van der Waals surface area contributed by atoms with Crippen molar-refractivity contribution in [3.8, 4) is 5.75 Å². The number of rotatable bonds is 19. The number of benzene rings is 1. The van der Waals surface area contributed by atoms with E-state index in [4.69, 9.17) is 9.84 Å². The van der Waals surface area contributed by atoms with Crippen LogP contribution < -0.4 is 4.74 Å². The summed E-state index contributed by atoms with van der Waals surface area (Å²) in [6.07, 6.45) is 15.2. The van der Waals surface area contributed by atoms with Crippen LogP contribution in [0.1, 0.15) is 119 Å². The summed E-state index contributed by atoms with van der Waals surface area (Å²) in [6, 6.07) is 6.14. The van der Waals surface area contributed by atoms with Crippen molar-refractivity contribution in [2.75, 3.05) is 19.0 Å². The number of unbranched alkanes of at least 4 members (excludes halogenated alkanes) is 8. The highest BCUT2D eigenvalue weighted by molar-refractivity contribution is 7.99. The lowest BCUT2D eigenvalue weighted by atomic mass is 9.92. The molecule has 5 nitrogen and oxygen atoms in total. The Bertz CT molecular complexity index is 689.